The molecule has 1 N–H and O–H groups in total. The Balaban J connectivity index is 1.75. The van der Waals surface area contributed by atoms with E-state index in [1.807, 2.05) is 14.0 Å². The lowest BCUT2D eigenvalue weighted by atomic mass is 10.2. The highest BCUT2D eigenvalue weighted by molar-refractivity contribution is 5.84. The predicted octanol–water partition coefficient (Wildman–Crippen LogP) is 2.40. The van der Waals surface area contributed by atoms with Gasteiger partial charge in [-0.1, -0.05) is 0 Å². The lowest BCUT2D eigenvalue weighted by Gasteiger charge is -2.22. The number of rotatable bonds is 8. The van der Waals surface area contributed by atoms with Crippen LogP contribution in [-0.2, 0) is 4.74 Å². The summed E-state index contributed by atoms with van der Waals surface area (Å²) >= 11 is 0. The predicted molar refractivity (Wildman–Crippen MR) is 70.3 cm³/mol. The van der Waals surface area contributed by atoms with Gasteiger partial charge in [0.15, 0.2) is 0 Å². The molecule has 0 aliphatic heterocycles. The van der Waals surface area contributed by atoms with Crippen LogP contribution in [0.3, 0.4) is 0 Å². The summed E-state index contributed by atoms with van der Waals surface area (Å²) in [6.07, 6.45) is 2.60. The highest BCUT2D eigenvalue weighted by Crippen LogP contribution is 2.28. The molecule has 19 heavy (non-hydrogen) atoms. The fourth-order valence-electron chi connectivity index (χ4n) is 1.85. The van der Waals surface area contributed by atoms with Gasteiger partial charge in [-0.25, -0.2) is 4.79 Å². The van der Waals surface area contributed by atoms with Crippen LogP contribution in [0, 0.1) is 5.92 Å². The molecule has 0 radical (unpaired) electrons. The SMILES string of the molecule is CC(c1ccc(C(=O)O)o1)N(C)CCOCC1CC1. The molecule has 1 unspecified atom stereocenters. The van der Waals surface area contributed by atoms with Crippen LogP contribution in [0.5, 0.6) is 0 Å². The van der Waals surface area contributed by atoms with Gasteiger partial charge < -0.3 is 14.3 Å². The number of ether oxygens (including phenoxy) is 1. The molecule has 0 spiro atoms. The van der Waals surface area contributed by atoms with E-state index in [1.165, 1.54) is 18.9 Å². The Bertz CT molecular complexity index is 425. The van der Waals surface area contributed by atoms with Crippen LogP contribution in [0.4, 0.5) is 0 Å². The van der Waals surface area contributed by atoms with Gasteiger partial charge in [0.1, 0.15) is 5.76 Å². The van der Waals surface area contributed by atoms with Crippen molar-refractivity contribution in [2.24, 2.45) is 5.92 Å². The molecule has 0 saturated heterocycles. The maximum atomic E-state index is 10.8. The molecule has 0 bridgehead atoms. The van der Waals surface area contributed by atoms with Gasteiger partial charge in [-0.05, 0) is 44.9 Å². The van der Waals surface area contributed by atoms with Gasteiger partial charge in [-0.15, -0.1) is 0 Å². The number of carboxylic acid groups (broad SMARTS) is 1. The normalized spacial score (nSPS) is 16.8. The molecule has 1 aromatic heterocycles. The van der Waals surface area contributed by atoms with Gasteiger partial charge in [0, 0.05) is 13.2 Å². The highest BCUT2D eigenvalue weighted by Gasteiger charge is 2.21. The van der Waals surface area contributed by atoms with E-state index in [9.17, 15) is 4.79 Å². The first-order valence-corrected chi connectivity index (χ1v) is 6.69. The van der Waals surface area contributed by atoms with Crippen molar-refractivity contribution in [1.82, 2.24) is 4.90 Å². The standard InChI is InChI=1S/C14H21NO4/c1-10(12-5-6-13(19-12)14(16)17)15(2)7-8-18-9-11-3-4-11/h5-6,10-11H,3-4,7-9H2,1-2H3,(H,16,17). The van der Waals surface area contributed by atoms with Gasteiger partial charge in [-0.2, -0.15) is 0 Å². The Kier molecular flexibility index (Phi) is 4.61. The molecular formula is C14H21NO4. The number of aromatic carboxylic acids is 1. The Labute approximate surface area is 113 Å². The van der Waals surface area contributed by atoms with Crippen molar-refractivity contribution in [3.8, 4) is 0 Å². The van der Waals surface area contributed by atoms with E-state index < -0.39 is 5.97 Å². The summed E-state index contributed by atoms with van der Waals surface area (Å²) < 4.78 is 10.9. The van der Waals surface area contributed by atoms with Gasteiger partial charge in [0.2, 0.25) is 5.76 Å². The molecule has 1 aliphatic rings. The Morgan fingerprint density at radius 1 is 1.58 bits per heavy atom. The summed E-state index contributed by atoms with van der Waals surface area (Å²) in [6.45, 7) is 4.36. The molecule has 1 atom stereocenters. The van der Waals surface area contributed by atoms with Crippen molar-refractivity contribution in [2.75, 3.05) is 26.8 Å². The second-order valence-corrected chi connectivity index (χ2v) is 5.18. The molecule has 1 saturated carbocycles. The third-order valence-corrected chi connectivity index (χ3v) is 3.55. The molecule has 5 heteroatoms. The molecular weight excluding hydrogens is 246 g/mol. The molecule has 106 valence electrons. The summed E-state index contributed by atoms with van der Waals surface area (Å²) in [4.78, 5) is 12.9. The summed E-state index contributed by atoms with van der Waals surface area (Å²) in [6, 6.07) is 3.25. The Hall–Kier alpha value is -1.33. The molecule has 0 amide bonds. The topological polar surface area (TPSA) is 62.9 Å². The van der Waals surface area contributed by atoms with Crippen LogP contribution in [-0.4, -0.2) is 42.8 Å². The maximum absolute atomic E-state index is 10.8. The first-order chi connectivity index (χ1) is 9.08. The number of hydrogen-bond acceptors (Lipinski definition) is 4. The molecule has 5 nitrogen and oxygen atoms in total. The van der Waals surface area contributed by atoms with Gasteiger partial charge in [0.25, 0.3) is 0 Å². The minimum atomic E-state index is -1.03. The summed E-state index contributed by atoms with van der Waals surface area (Å²) in [5, 5.41) is 8.82. The average molecular weight is 267 g/mol. The Morgan fingerprint density at radius 3 is 2.89 bits per heavy atom. The van der Waals surface area contributed by atoms with Gasteiger partial charge in [0.05, 0.1) is 12.6 Å². The van der Waals surface area contributed by atoms with E-state index in [-0.39, 0.29) is 11.8 Å². The van der Waals surface area contributed by atoms with Crippen LogP contribution in [0.15, 0.2) is 16.5 Å². The van der Waals surface area contributed by atoms with Gasteiger partial charge >= 0.3 is 5.97 Å². The fraction of sp³-hybridized carbons (Fsp3) is 0.643. The average Bonchev–Trinajstić information content (AvgIpc) is 3.06. The summed E-state index contributed by atoms with van der Waals surface area (Å²) in [7, 11) is 1.98. The third-order valence-electron chi connectivity index (χ3n) is 3.55. The van der Waals surface area contributed by atoms with Crippen molar-refractivity contribution >= 4 is 5.97 Å². The van der Waals surface area contributed by atoms with Crippen molar-refractivity contribution in [3.05, 3.63) is 23.7 Å². The van der Waals surface area contributed by atoms with Gasteiger partial charge in [-0.3, -0.25) is 4.90 Å². The highest BCUT2D eigenvalue weighted by atomic mass is 16.5. The zero-order valence-electron chi connectivity index (χ0n) is 11.5. The van der Waals surface area contributed by atoms with E-state index >= 15 is 0 Å². The number of hydrogen-bond donors (Lipinski definition) is 1. The molecule has 1 aromatic rings. The monoisotopic (exact) mass is 267 g/mol. The van der Waals surface area contributed by atoms with Crippen molar-refractivity contribution < 1.29 is 19.1 Å². The van der Waals surface area contributed by atoms with Crippen LogP contribution in [0.2, 0.25) is 0 Å². The smallest absolute Gasteiger partial charge is 0.371 e. The zero-order chi connectivity index (χ0) is 13.8. The lowest BCUT2D eigenvalue weighted by Crippen LogP contribution is -2.26. The van der Waals surface area contributed by atoms with Crippen LogP contribution in [0.25, 0.3) is 0 Å². The molecule has 1 fully saturated rings. The molecule has 1 aliphatic carbocycles. The van der Waals surface area contributed by atoms with E-state index in [0.29, 0.717) is 12.4 Å². The molecule has 0 aromatic carbocycles. The minimum Gasteiger partial charge on any atom is -0.475 e. The molecule has 2 rings (SSSR count). The minimum absolute atomic E-state index is 0.0137. The second-order valence-electron chi connectivity index (χ2n) is 5.18. The van der Waals surface area contributed by atoms with E-state index in [2.05, 4.69) is 4.90 Å². The number of likely N-dealkylation sites (N-methyl/N-ethyl adjacent to an activating group) is 1. The van der Waals surface area contributed by atoms with E-state index in [0.717, 1.165) is 19.1 Å². The zero-order valence-corrected chi connectivity index (χ0v) is 11.5. The van der Waals surface area contributed by atoms with Crippen molar-refractivity contribution in [2.45, 2.75) is 25.8 Å². The van der Waals surface area contributed by atoms with Crippen LogP contribution in [0.1, 0.15) is 42.1 Å². The number of carboxylic acids is 1. The third kappa shape index (κ3) is 4.08. The van der Waals surface area contributed by atoms with Crippen molar-refractivity contribution in [3.63, 3.8) is 0 Å². The quantitative estimate of drug-likeness (QED) is 0.733. The van der Waals surface area contributed by atoms with Crippen LogP contribution >= 0.6 is 0 Å². The lowest BCUT2D eigenvalue weighted by molar-refractivity contribution is 0.0652. The second kappa shape index (κ2) is 6.21. The largest absolute Gasteiger partial charge is 0.475 e. The van der Waals surface area contributed by atoms with E-state index in [1.54, 1.807) is 6.07 Å². The first kappa shape index (κ1) is 14.1. The fourth-order valence-corrected chi connectivity index (χ4v) is 1.85. The maximum Gasteiger partial charge on any atom is 0.371 e. The summed E-state index contributed by atoms with van der Waals surface area (Å²) in [5.41, 5.74) is 0. The number of furan rings is 1. The number of carbonyl (C=O) groups is 1. The first-order valence-electron chi connectivity index (χ1n) is 6.69. The van der Waals surface area contributed by atoms with Crippen LogP contribution < -0.4 is 0 Å². The number of nitrogens with zero attached hydrogens (tertiary/aromatic N) is 1. The summed E-state index contributed by atoms with van der Waals surface area (Å²) in [5.74, 6) is 0.405. The van der Waals surface area contributed by atoms with E-state index in [4.69, 9.17) is 14.3 Å². The van der Waals surface area contributed by atoms with Crippen molar-refractivity contribution in [1.29, 1.82) is 0 Å². The Morgan fingerprint density at radius 2 is 2.32 bits per heavy atom. The molecule has 1 heterocycles.